The van der Waals surface area contributed by atoms with Gasteiger partial charge in [-0.2, -0.15) is 0 Å². The molecule has 0 unspecified atom stereocenters. The van der Waals surface area contributed by atoms with Gasteiger partial charge in [-0.15, -0.1) is 10.2 Å². The van der Waals surface area contributed by atoms with Crippen molar-refractivity contribution in [3.8, 4) is 11.4 Å². The Bertz CT molecular complexity index is 1660. The summed E-state index contributed by atoms with van der Waals surface area (Å²) in [5.74, 6) is 1.36. The molecule has 5 rings (SSSR count). The minimum atomic E-state index is -1.56. The lowest BCUT2D eigenvalue weighted by atomic mass is 9.80. The number of anilines is 1. The number of carbonyl (C=O) groups is 2. The van der Waals surface area contributed by atoms with Crippen molar-refractivity contribution in [2.45, 2.75) is 39.3 Å². The number of aromatic nitrogens is 3. The summed E-state index contributed by atoms with van der Waals surface area (Å²) in [4.78, 5) is 29.8. The topological polar surface area (TPSA) is 151 Å². The molecule has 220 valence electrons. The maximum atomic E-state index is 12.4. The first-order chi connectivity index (χ1) is 20.7. The molecule has 0 bridgehead atoms. The molecule has 0 spiro atoms. The second-order valence-electron chi connectivity index (χ2n) is 9.92. The van der Waals surface area contributed by atoms with E-state index in [0.717, 1.165) is 16.8 Å². The highest BCUT2D eigenvalue weighted by Gasteiger charge is 2.29. The van der Waals surface area contributed by atoms with Gasteiger partial charge in [0.25, 0.3) is 0 Å². The van der Waals surface area contributed by atoms with E-state index in [1.165, 1.54) is 12.1 Å². The molecule has 1 atom stereocenters. The lowest BCUT2D eigenvalue weighted by Crippen LogP contribution is -2.29. The summed E-state index contributed by atoms with van der Waals surface area (Å²) >= 11 is 6.17. The van der Waals surface area contributed by atoms with Crippen LogP contribution in [0.3, 0.4) is 0 Å². The maximum absolute atomic E-state index is 12.4. The molecule has 1 aliphatic heterocycles. The van der Waals surface area contributed by atoms with Crippen LogP contribution in [-0.4, -0.2) is 56.1 Å². The minimum absolute atomic E-state index is 0.170. The third-order valence-corrected chi connectivity index (χ3v) is 7.11. The Morgan fingerprint density at radius 3 is 2.47 bits per heavy atom. The first kappa shape index (κ1) is 30.0. The van der Waals surface area contributed by atoms with Gasteiger partial charge in [0, 0.05) is 34.7 Å². The number of nitrogens with zero attached hydrogens (tertiary/aromatic N) is 4. The first-order valence-corrected chi connectivity index (χ1v) is 14.2. The van der Waals surface area contributed by atoms with Crippen LogP contribution in [0.5, 0.6) is 5.75 Å². The van der Waals surface area contributed by atoms with E-state index in [0.29, 0.717) is 58.7 Å². The quantitative estimate of drug-likeness (QED) is 0.161. The van der Waals surface area contributed by atoms with Crippen molar-refractivity contribution in [2.24, 2.45) is 4.99 Å². The molecule has 13 heteroatoms. The number of aryl methyl sites for hydroxylation is 1. The van der Waals surface area contributed by atoms with Crippen LogP contribution in [0.2, 0.25) is 5.02 Å². The van der Waals surface area contributed by atoms with E-state index in [2.05, 4.69) is 20.8 Å². The molecule has 0 aliphatic carbocycles. The molecule has 2 amide bonds. The third kappa shape index (κ3) is 6.94. The van der Waals surface area contributed by atoms with Gasteiger partial charge in [0.15, 0.2) is 12.0 Å². The molecule has 4 aromatic rings. The zero-order valence-electron chi connectivity index (χ0n) is 23.6. The second kappa shape index (κ2) is 13.2. The number of nitrogens with one attached hydrogen (secondary N) is 2. The average Bonchev–Trinajstić information content (AvgIpc) is 3.32. The number of fused-ring (bicyclic) bond motifs is 3. The molecule has 0 fully saturated rings. The number of hydrogen-bond acceptors (Lipinski definition) is 8. The Balaban J connectivity index is 1.36. The molecule has 1 aromatic heterocycles. The summed E-state index contributed by atoms with van der Waals surface area (Å²) in [6, 6.07) is 19.2. The molecule has 0 saturated heterocycles. The zero-order valence-corrected chi connectivity index (χ0v) is 24.4. The lowest BCUT2D eigenvalue weighted by molar-refractivity contribution is -0.121. The van der Waals surface area contributed by atoms with Crippen molar-refractivity contribution in [3.05, 3.63) is 94.5 Å². The fourth-order valence-corrected chi connectivity index (χ4v) is 4.80. The molecule has 4 N–H and O–H groups in total. The molecule has 0 saturated carbocycles. The van der Waals surface area contributed by atoms with Crippen LogP contribution in [0.1, 0.15) is 55.1 Å². The van der Waals surface area contributed by atoms with Crippen LogP contribution in [0.25, 0.3) is 5.69 Å². The Hall–Kier alpha value is -4.52. The summed E-state index contributed by atoms with van der Waals surface area (Å²) < 4.78 is 7.92. The van der Waals surface area contributed by atoms with E-state index in [-0.39, 0.29) is 18.2 Å². The fraction of sp³-hybridized carbons (Fsp3) is 0.233. The number of halogens is 1. The number of rotatable bonds is 10. The molecular weight excluding hydrogens is 571 g/mol. The standard InChI is InChI=1S/C30H30BClN6O5/c1-3-26(39)34-29-30-37-36-18(2)38(30)25-15-14-23(17-24(25)28(35-29)19-6-10-21(32)11-7-19)43-16-4-5-27(40)33-22-12-8-20(9-13-22)31(41)42/h6-15,17,29,41-42H,3-5,16H2,1-2H3,(H,33,40)(H,34,39)/t29-/m1/s1. The van der Waals surface area contributed by atoms with Gasteiger partial charge in [-0.3, -0.25) is 19.1 Å². The molecule has 3 aromatic carbocycles. The minimum Gasteiger partial charge on any atom is -0.494 e. The normalized spacial score (nSPS) is 13.7. The molecule has 11 nitrogen and oxygen atoms in total. The monoisotopic (exact) mass is 600 g/mol. The summed E-state index contributed by atoms with van der Waals surface area (Å²) in [6.45, 7) is 3.91. The Morgan fingerprint density at radius 1 is 1.02 bits per heavy atom. The van der Waals surface area contributed by atoms with Gasteiger partial charge in [-0.25, -0.2) is 0 Å². The number of ether oxygens (including phenoxy) is 1. The first-order valence-electron chi connectivity index (χ1n) is 13.8. The number of benzene rings is 3. The van der Waals surface area contributed by atoms with Crippen molar-refractivity contribution in [3.63, 3.8) is 0 Å². The smallest absolute Gasteiger partial charge is 0.488 e. The highest BCUT2D eigenvalue weighted by molar-refractivity contribution is 6.58. The maximum Gasteiger partial charge on any atom is 0.488 e. The van der Waals surface area contributed by atoms with E-state index in [1.54, 1.807) is 31.2 Å². The van der Waals surface area contributed by atoms with Crippen LogP contribution >= 0.6 is 11.6 Å². The van der Waals surface area contributed by atoms with Crippen LogP contribution in [0.4, 0.5) is 5.69 Å². The zero-order chi connectivity index (χ0) is 30.5. The van der Waals surface area contributed by atoms with Gasteiger partial charge in [0.1, 0.15) is 11.6 Å². The largest absolute Gasteiger partial charge is 0.494 e. The van der Waals surface area contributed by atoms with Crippen LogP contribution in [-0.2, 0) is 9.59 Å². The second-order valence-corrected chi connectivity index (χ2v) is 10.4. The average molecular weight is 601 g/mol. The number of amides is 2. The molecule has 0 radical (unpaired) electrons. The van der Waals surface area contributed by atoms with Crippen LogP contribution < -0.4 is 20.8 Å². The molecule has 2 heterocycles. The predicted molar refractivity (Wildman–Crippen MR) is 164 cm³/mol. The van der Waals surface area contributed by atoms with Crippen LogP contribution in [0.15, 0.2) is 71.7 Å². The number of hydrogen-bond donors (Lipinski definition) is 4. The van der Waals surface area contributed by atoms with Gasteiger partial charge in [0.05, 0.1) is 18.0 Å². The van der Waals surface area contributed by atoms with E-state index in [1.807, 2.05) is 41.8 Å². The Labute approximate surface area is 253 Å². The van der Waals surface area contributed by atoms with Gasteiger partial charge < -0.3 is 25.4 Å². The summed E-state index contributed by atoms with van der Waals surface area (Å²) in [7, 11) is -1.56. The summed E-state index contributed by atoms with van der Waals surface area (Å²) in [5, 5.41) is 33.4. The molecule has 1 aliphatic rings. The van der Waals surface area contributed by atoms with Crippen molar-refractivity contribution >= 4 is 47.4 Å². The molecular formula is C30H30BClN6O5. The van der Waals surface area contributed by atoms with Crippen molar-refractivity contribution in [1.82, 2.24) is 20.1 Å². The van der Waals surface area contributed by atoms with Crippen molar-refractivity contribution in [1.29, 1.82) is 0 Å². The Morgan fingerprint density at radius 2 is 1.77 bits per heavy atom. The third-order valence-electron chi connectivity index (χ3n) is 6.86. The highest BCUT2D eigenvalue weighted by Crippen LogP contribution is 2.32. The SMILES string of the molecule is CCC(=O)N[C@@H]1N=C(c2ccc(Cl)cc2)c2cc(OCCCC(=O)Nc3ccc(B(O)O)cc3)ccc2-n2c(C)nnc21. The van der Waals surface area contributed by atoms with E-state index in [9.17, 15) is 19.6 Å². The molecule has 43 heavy (non-hydrogen) atoms. The van der Waals surface area contributed by atoms with E-state index in [4.69, 9.17) is 21.3 Å². The highest BCUT2D eigenvalue weighted by atomic mass is 35.5. The van der Waals surface area contributed by atoms with Gasteiger partial charge in [-0.1, -0.05) is 42.8 Å². The van der Waals surface area contributed by atoms with E-state index >= 15 is 0 Å². The number of aliphatic imine (C=N–C) groups is 1. The summed E-state index contributed by atoms with van der Waals surface area (Å²) in [6.07, 6.45) is 0.223. The van der Waals surface area contributed by atoms with Crippen molar-refractivity contribution < 1.29 is 24.4 Å². The lowest BCUT2D eigenvalue weighted by Gasteiger charge is -2.15. The van der Waals surface area contributed by atoms with Gasteiger partial charge in [0.2, 0.25) is 11.8 Å². The van der Waals surface area contributed by atoms with Gasteiger partial charge >= 0.3 is 7.12 Å². The number of carbonyl (C=O) groups excluding carboxylic acids is 2. The van der Waals surface area contributed by atoms with Crippen LogP contribution in [0, 0.1) is 6.92 Å². The summed E-state index contributed by atoms with van der Waals surface area (Å²) in [5.41, 5.74) is 3.87. The van der Waals surface area contributed by atoms with E-state index < -0.39 is 13.3 Å². The van der Waals surface area contributed by atoms with Gasteiger partial charge in [-0.05, 0) is 61.3 Å². The predicted octanol–water partition coefficient (Wildman–Crippen LogP) is 3.08. The Kier molecular flexibility index (Phi) is 9.20. The fourth-order valence-electron chi connectivity index (χ4n) is 4.67. The van der Waals surface area contributed by atoms with Crippen molar-refractivity contribution in [2.75, 3.05) is 11.9 Å².